The van der Waals surface area contributed by atoms with E-state index in [-0.39, 0.29) is 42.6 Å². The first-order valence-electron chi connectivity index (χ1n) is 10.6. The smallest absolute Gasteiger partial charge is 0.550 e. The van der Waals surface area contributed by atoms with Crippen molar-refractivity contribution in [2.45, 2.75) is 26.7 Å². The molecule has 2 aromatic carbocycles. The zero-order chi connectivity index (χ0) is 22.8. The van der Waals surface area contributed by atoms with E-state index in [9.17, 15) is 9.90 Å². The molecule has 0 aliphatic rings. The molecule has 0 unspecified atom stereocenters. The number of hydrogen-bond donors (Lipinski definition) is 0. The third-order valence-electron chi connectivity index (χ3n) is 4.65. The van der Waals surface area contributed by atoms with Gasteiger partial charge in [-0.15, -0.1) is 0 Å². The van der Waals surface area contributed by atoms with Crippen LogP contribution < -0.4 is 39.4 Å². The van der Waals surface area contributed by atoms with Gasteiger partial charge in [0.05, 0.1) is 11.4 Å². The maximum Gasteiger partial charge on any atom is 1.00 e. The summed E-state index contributed by atoms with van der Waals surface area (Å²) < 4.78 is 5.65. The molecule has 0 saturated heterocycles. The van der Waals surface area contributed by atoms with Crippen molar-refractivity contribution in [2.75, 3.05) is 13.2 Å². The summed E-state index contributed by atoms with van der Waals surface area (Å²) in [5.74, 6) is -0.107. The summed E-state index contributed by atoms with van der Waals surface area (Å²) in [6.07, 6.45) is 2.43. The van der Waals surface area contributed by atoms with Gasteiger partial charge in [-0.3, -0.25) is 4.98 Å². The van der Waals surface area contributed by atoms with E-state index >= 15 is 0 Å². The van der Waals surface area contributed by atoms with Gasteiger partial charge in [0.15, 0.2) is 6.61 Å². The summed E-state index contributed by atoms with van der Waals surface area (Å²) in [4.78, 5) is 20.7. The van der Waals surface area contributed by atoms with Crippen LogP contribution in [0.25, 0.3) is 11.3 Å². The van der Waals surface area contributed by atoms with Crippen molar-refractivity contribution >= 4 is 11.7 Å². The first kappa shape index (κ1) is 26.6. The minimum absolute atomic E-state index is 0. The molecular weight excluding hydrogens is 427 g/mol. The summed E-state index contributed by atoms with van der Waals surface area (Å²) in [6, 6.07) is 20.9. The molecule has 0 atom stereocenters. The molecule has 3 rings (SSSR count). The minimum atomic E-state index is -1.12. The molecule has 0 radical (unpaired) electrons. The van der Waals surface area contributed by atoms with Crippen molar-refractivity contribution in [3.63, 3.8) is 0 Å². The molecule has 0 aliphatic heterocycles. The van der Waals surface area contributed by atoms with Gasteiger partial charge in [-0.2, -0.15) is 0 Å². The van der Waals surface area contributed by atoms with Crippen molar-refractivity contribution in [1.82, 2.24) is 4.98 Å². The molecular formula is C26H27N2NaO4. The fourth-order valence-electron chi connectivity index (χ4n) is 3.19. The molecule has 3 aromatic rings. The van der Waals surface area contributed by atoms with Crippen molar-refractivity contribution in [1.29, 1.82) is 0 Å². The third-order valence-corrected chi connectivity index (χ3v) is 4.65. The van der Waals surface area contributed by atoms with Gasteiger partial charge in [0, 0.05) is 24.2 Å². The second-order valence-corrected chi connectivity index (χ2v) is 7.81. The molecule has 1 heterocycles. The normalized spacial score (nSPS) is 11.1. The SMILES string of the molecule is CC(C)C/C(=N\OCCOc1cccc(CC(=O)[O-])c1)c1ccc(-c2ccccn2)cc1.[Na+]. The van der Waals surface area contributed by atoms with Crippen LogP contribution in [-0.4, -0.2) is 29.9 Å². The maximum absolute atomic E-state index is 10.7. The largest absolute Gasteiger partial charge is 1.00 e. The number of carbonyl (C=O) groups excluding carboxylic acids is 1. The molecule has 0 amide bonds. The summed E-state index contributed by atoms with van der Waals surface area (Å²) in [7, 11) is 0. The van der Waals surface area contributed by atoms with Gasteiger partial charge in [-0.05, 0) is 47.7 Å². The van der Waals surface area contributed by atoms with Gasteiger partial charge in [0.25, 0.3) is 0 Å². The van der Waals surface area contributed by atoms with Crippen LogP contribution in [0.4, 0.5) is 0 Å². The van der Waals surface area contributed by atoms with Crippen molar-refractivity contribution in [3.8, 4) is 17.0 Å². The van der Waals surface area contributed by atoms with Gasteiger partial charge in [-0.25, -0.2) is 0 Å². The van der Waals surface area contributed by atoms with Crippen LogP contribution in [0.3, 0.4) is 0 Å². The molecule has 0 saturated carbocycles. The fourth-order valence-corrected chi connectivity index (χ4v) is 3.19. The Morgan fingerprint density at radius 3 is 2.48 bits per heavy atom. The number of nitrogens with zero attached hydrogens (tertiary/aromatic N) is 2. The number of rotatable bonds is 11. The average Bonchev–Trinajstić information content (AvgIpc) is 2.78. The van der Waals surface area contributed by atoms with E-state index < -0.39 is 5.97 Å². The van der Waals surface area contributed by atoms with E-state index in [1.165, 1.54) is 0 Å². The number of hydrogen-bond acceptors (Lipinski definition) is 6. The number of benzene rings is 2. The molecule has 0 spiro atoms. The maximum atomic E-state index is 10.7. The van der Waals surface area contributed by atoms with E-state index in [1.807, 2.05) is 42.5 Å². The van der Waals surface area contributed by atoms with Gasteiger partial charge < -0.3 is 19.5 Å². The molecule has 0 fully saturated rings. The number of aliphatic carboxylic acids is 1. The molecule has 7 heteroatoms. The zero-order valence-electron chi connectivity index (χ0n) is 19.4. The predicted octanol–water partition coefficient (Wildman–Crippen LogP) is 0.891. The summed E-state index contributed by atoms with van der Waals surface area (Å²) in [5, 5.41) is 15.1. The van der Waals surface area contributed by atoms with E-state index in [0.717, 1.165) is 29.0 Å². The van der Waals surface area contributed by atoms with Gasteiger partial charge in [0.1, 0.15) is 12.4 Å². The second-order valence-electron chi connectivity index (χ2n) is 7.81. The Hall–Kier alpha value is -2.67. The van der Waals surface area contributed by atoms with Crippen LogP contribution in [0.5, 0.6) is 5.75 Å². The van der Waals surface area contributed by atoms with E-state index in [2.05, 4.69) is 24.0 Å². The quantitative estimate of drug-likeness (QED) is 0.186. The van der Waals surface area contributed by atoms with E-state index in [0.29, 0.717) is 23.8 Å². The van der Waals surface area contributed by atoms with Gasteiger partial charge >= 0.3 is 29.6 Å². The monoisotopic (exact) mass is 454 g/mol. The molecule has 1 aromatic heterocycles. The minimum Gasteiger partial charge on any atom is -0.550 e. The Labute approximate surface area is 216 Å². The van der Waals surface area contributed by atoms with E-state index in [4.69, 9.17) is 9.57 Å². The molecule has 0 aliphatic carbocycles. The molecule has 33 heavy (non-hydrogen) atoms. The van der Waals surface area contributed by atoms with Gasteiger partial charge in [0.2, 0.25) is 0 Å². The standard InChI is InChI=1S/C26H28N2O4.Na/c1-19(2)16-25(22-11-9-21(10-12-22)24-8-3-4-13-27-24)28-32-15-14-31-23-7-5-6-20(17-23)18-26(29)30;/h3-13,17,19H,14-16,18H2,1-2H3,(H,29,30);/q;+1/p-1/b28-25+;. The average molecular weight is 455 g/mol. The Morgan fingerprint density at radius 1 is 1.03 bits per heavy atom. The van der Waals surface area contributed by atoms with Crippen LogP contribution in [0.2, 0.25) is 0 Å². The summed E-state index contributed by atoms with van der Waals surface area (Å²) in [6.45, 7) is 4.85. The summed E-state index contributed by atoms with van der Waals surface area (Å²) in [5.41, 5.74) is 4.50. The second kappa shape index (κ2) is 13.8. The number of ether oxygens (including phenoxy) is 1. The van der Waals surface area contributed by atoms with Gasteiger partial charge in [-0.1, -0.05) is 61.5 Å². The third kappa shape index (κ3) is 9.00. The fraction of sp³-hybridized carbons (Fsp3) is 0.269. The Morgan fingerprint density at radius 2 is 1.82 bits per heavy atom. The molecule has 166 valence electrons. The van der Waals surface area contributed by atoms with Crippen molar-refractivity contribution < 1.29 is 49.0 Å². The Kier molecular flexibility index (Phi) is 11.1. The molecule has 0 bridgehead atoms. The van der Waals surface area contributed by atoms with Crippen LogP contribution >= 0.6 is 0 Å². The number of oxime groups is 1. The first-order chi connectivity index (χ1) is 15.5. The summed E-state index contributed by atoms with van der Waals surface area (Å²) >= 11 is 0. The first-order valence-corrected chi connectivity index (χ1v) is 10.6. The van der Waals surface area contributed by atoms with Crippen LogP contribution in [0, 0.1) is 5.92 Å². The zero-order valence-corrected chi connectivity index (χ0v) is 21.4. The number of carboxylic acids is 1. The van der Waals surface area contributed by atoms with Crippen LogP contribution in [0.15, 0.2) is 78.1 Å². The van der Waals surface area contributed by atoms with Crippen molar-refractivity contribution in [2.24, 2.45) is 11.1 Å². The number of pyridine rings is 1. The Bertz CT molecular complexity index is 1040. The topological polar surface area (TPSA) is 83.8 Å². The molecule has 0 N–H and O–H groups in total. The number of carbonyl (C=O) groups is 1. The van der Waals surface area contributed by atoms with Crippen molar-refractivity contribution in [3.05, 3.63) is 84.1 Å². The van der Waals surface area contributed by atoms with E-state index in [1.54, 1.807) is 30.5 Å². The Balaban J connectivity index is 0.00000385. The number of aromatic nitrogens is 1. The number of carboxylic acid groups (broad SMARTS) is 1. The van der Waals surface area contributed by atoms with Crippen LogP contribution in [0.1, 0.15) is 31.4 Å². The molecule has 6 nitrogen and oxygen atoms in total. The predicted molar refractivity (Wildman–Crippen MR) is 122 cm³/mol. The van der Waals surface area contributed by atoms with Crippen LogP contribution in [-0.2, 0) is 16.1 Å².